The average Bonchev–Trinajstić information content (AvgIpc) is 2.10. The van der Waals surface area contributed by atoms with Crippen molar-refractivity contribution in [2.24, 2.45) is 0 Å². The molecule has 0 aliphatic heterocycles. The van der Waals surface area contributed by atoms with Crippen LogP contribution in [-0.2, 0) is 23.8 Å². The first-order chi connectivity index (χ1) is 5.81. The summed E-state index contributed by atoms with van der Waals surface area (Å²) < 4.78 is 13.8. The number of hydrogen-bond acceptors (Lipinski definition) is 5. The van der Waals surface area contributed by atoms with Crippen LogP contribution in [0.4, 0.5) is 0 Å². The third-order valence-corrected chi connectivity index (χ3v) is 0.981. The zero-order valence-corrected chi connectivity index (χ0v) is 6.87. The standard InChI is InChI=1S/C7H11O5/c1-10-7(9)6-12-5-4-11-3-2-8/h3-6H2,1H3. The van der Waals surface area contributed by atoms with Crippen molar-refractivity contribution in [3.63, 3.8) is 0 Å². The lowest BCUT2D eigenvalue weighted by atomic mass is 10.7. The zero-order chi connectivity index (χ0) is 9.23. The van der Waals surface area contributed by atoms with E-state index in [4.69, 9.17) is 9.47 Å². The maximum atomic E-state index is 10.5. The summed E-state index contributed by atoms with van der Waals surface area (Å²) in [6.45, 7) is 0.370. The number of ether oxygens (including phenoxy) is 3. The highest BCUT2D eigenvalue weighted by molar-refractivity contribution is 5.70. The van der Waals surface area contributed by atoms with Gasteiger partial charge in [-0.3, -0.25) is 4.79 Å². The quantitative estimate of drug-likeness (QED) is 0.378. The molecular weight excluding hydrogens is 164 g/mol. The minimum Gasteiger partial charge on any atom is -0.467 e. The molecule has 0 spiro atoms. The van der Waals surface area contributed by atoms with Crippen LogP contribution in [0.15, 0.2) is 0 Å². The Morgan fingerprint density at radius 1 is 1.33 bits per heavy atom. The molecule has 0 heterocycles. The third kappa shape index (κ3) is 7.17. The molecule has 5 heteroatoms. The average molecular weight is 175 g/mol. The fraction of sp³-hybridized carbons (Fsp3) is 0.714. The highest BCUT2D eigenvalue weighted by Crippen LogP contribution is 1.79. The van der Waals surface area contributed by atoms with Gasteiger partial charge in [-0.25, -0.2) is 4.79 Å². The van der Waals surface area contributed by atoms with E-state index in [0.717, 1.165) is 0 Å². The Bertz CT molecular complexity index is 134. The second kappa shape index (κ2) is 8.16. The van der Waals surface area contributed by atoms with Crippen LogP contribution in [0, 0.1) is 0 Å². The molecule has 0 saturated carbocycles. The number of rotatable bonds is 7. The van der Waals surface area contributed by atoms with Gasteiger partial charge in [-0.2, -0.15) is 0 Å². The zero-order valence-electron chi connectivity index (χ0n) is 6.87. The van der Waals surface area contributed by atoms with Gasteiger partial charge in [0.15, 0.2) is 0 Å². The molecule has 12 heavy (non-hydrogen) atoms. The van der Waals surface area contributed by atoms with Crippen LogP contribution < -0.4 is 0 Å². The molecule has 0 N–H and O–H groups in total. The molecule has 0 amide bonds. The topological polar surface area (TPSA) is 61.8 Å². The number of carbonyl (C=O) groups is 1. The Labute approximate surface area is 70.6 Å². The summed E-state index contributed by atoms with van der Waals surface area (Å²) in [6.07, 6.45) is 1.56. The Morgan fingerprint density at radius 2 is 2.00 bits per heavy atom. The van der Waals surface area contributed by atoms with E-state index in [9.17, 15) is 9.59 Å². The second-order valence-corrected chi connectivity index (χ2v) is 1.83. The van der Waals surface area contributed by atoms with Crippen molar-refractivity contribution in [2.45, 2.75) is 0 Å². The van der Waals surface area contributed by atoms with Gasteiger partial charge in [0.05, 0.1) is 20.3 Å². The van der Waals surface area contributed by atoms with Crippen molar-refractivity contribution in [3.8, 4) is 0 Å². The molecular formula is C7H11O5. The van der Waals surface area contributed by atoms with Crippen LogP contribution >= 0.6 is 0 Å². The van der Waals surface area contributed by atoms with E-state index in [0.29, 0.717) is 0 Å². The molecule has 0 atom stereocenters. The maximum Gasteiger partial charge on any atom is 0.331 e. The van der Waals surface area contributed by atoms with Crippen molar-refractivity contribution >= 4 is 12.3 Å². The SMILES string of the molecule is COC(=O)COCCOC[C]=O. The molecule has 0 aromatic carbocycles. The van der Waals surface area contributed by atoms with Crippen LogP contribution in [0.3, 0.4) is 0 Å². The number of methoxy groups -OCH3 is 1. The molecule has 0 aliphatic carbocycles. The van der Waals surface area contributed by atoms with Gasteiger partial charge in [-0.1, -0.05) is 0 Å². The van der Waals surface area contributed by atoms with Crippen molar-refractivity contribution in [1.82, 2.24) is 0 Å². The fourth-order valence-corrected chi connectivity index (χ4v) is 0.446. The van der Waals surface area contributed by atoms with Gasteiger partial charge < -0.3 is 14.2 Å². The minimum atomic E-state index is -0.433. The van der Waals surface area contributed by atoms with Gasteiger partial charge in [0.2, 0.25) is 6.29 Å². The molecule has 1 radical (unpaired) electrons. The first-order valence-electron chi connectivity index (χ1n) is 3.38. The predicted molar refractivity (Wildman–Crippen MR) is 39.3 cm³/mol. The highest BCUT2D eigenvalue weighted by Gasteiger charge is 1.98. The molecule has 5 nitrogen and oxygen atoms in total. The molecule has 0 aromatic rings. The Kier molecular flexibility index (Phi) is 7.52. The fourth-order valence-electron chi connectivity index (χ4n) is 0.446. The monoisotopic (exact) mass is 175 g/mol. The molecule has 0 saturated heterocycles. The number of esters is 1. The number of carbonyl (C=O) groups excluding carboxylic acids is 2. The van der Waals surface area contributed by atoms with Gasteiger partial charge in [0.1, 0.15) is 13.2 Å². The summed E-state index contributed by atoms with van der Waals surface area (Å²) in [5, 5.41) is 0. The van der Waals surface area contributed by atoms with Gasteiger partial charge in [-0.15, -0.1) is 0 Å². The maximum absolute atomic E-state index is 10.5. The Hall–Kier alpha value is -0.940. The van der Waals surface area contributed by atoms with Gasteiger partial charge in [0.25, 0.3) is 0 Å². The van der Waals surface area contributed by atoms with Crippen molar-refractivity contribution < 1.29 is 23.8 Å². The smallest absolute Gasteiger partial charge is 0.331 e. The van der Waals surface area contributed by atoms with E-state index in [1.165, 1.54) is 7.11 Å². The van der Waals surface area contributed by atoms with Crippen LogP contribution in [-0.4, -0.2) is 45.8 Å². The first-order valence-corrected chi connectivity index (χ1v) is 3.38. The van der Waals surface area contributed by atoms with Crippen molar-refractivity contribution in [1.29, 1.82) is 0 Å². The van der Waals surface area contributed by atoms with E-state index < -0.39 is 5.97 Å². The van der Waals surface area contributed by atoms with E-state index in [1.807, 2.05) is 0 Å². The van der Waals surface area contributed by atoms with Crippen LogP contribution in [0.5, 0.6) is 0 Å². The molecule has 0 unspecified atom stereocenters. The van der Waals surface area contributed by atoms with Crippen LogP contribution in [0.25, 0.3) is 0 Å². The highest BCUT2D eigenvalue weighted by atomic mass is 16.6. The molecule has 0 fully saturated rings. The third-order valence-electron chi connectivity index (χ3n) is 0.981. The van der Waals surface area contributed by atoms with E-state index in [-0.39, 0.29) is 26.4 Å². The van der Waals surface area contributed by atoms with Crippen LogP contribution in [0.2, 0.25) is 0 Å². The largest absolute Gasteiger partial charge is 0.467 e. The summed E-state index contributed by atoms with van der Waals surface area (Å²) in [5.41, 5.74) is 0. The molecule has 69 valence electrons. The number of hydrogen-bond donors (Lipinski definition) is 0. The minimum absolute atomic E-state index is 0.0679. The molecule has 0 rings (SSSR count). The second-order valence-electron chi connectivity index (χ2n) is 1.83. The summed E-state index contributed by atoms with van der Waals surface area (Å²) in [6, 6.07) is 0. The van der Waals surface area contributed by atoms with E-state index >= 15 is 0 Å². The van der Waals surface area contributed by atoms with E-state index in [1.54, 1.807) is 6.29 Å². The lowest BCUT2D eigenvalue weighted by Gasteiger charge is -2.01. The molecule has 0 aliphatic rings. The van der Waals surface area contributed by atoms with Crippen LogP contribution in [0.1, 0.15) is 0 Å². The normalized spacial score (nSPS) is 9.42. The summed E-state index contributed by atoms with van der Waals surface area (Å²) in [5.74, 6) is -0.433. The summed E-state index contributed by atoms with van der Waals surface area (Å²) in [7, 11) is 1.28. The van der Waals surface area contributed by atoms with Gasteiger partial charge in [-0.05, 0) is 0 Å². The summed E-state index contributed by atoms with van der Waals surface area (Å²) in [4.78, 5) is 20.1. The Morgan fingerprint density at radius 3 is 2.58 bits per heavy atom. The lowest BCUT2D eigenvalue weighted by molar-refractivity contribution is -0.146. The Balaban J connectivity index is 3.00. The molecule has 0 aromatic heterocycles. The van der Waals surface area contributed by atoms with Gasteiger partial charge in [0, 0.05) is 0 Å². The summed E-state index contributed by atoms with van der Waals surface area (Å²) >= 11 is 0. The first kappa shape index (κ1) is 11.1. The molecule has 0 bridgehead atoms. The lowest BCUT2D eigenvalue weighted by Crippen LogP contribution is -2.13. The van der Waals surface area contributed by atoms with E-state index in [2.05, 4.69) is 4.74 Å². The van der Waals surface area contributed by atoms with Gasteiger partial charge >= 0.3 is 5.97 Å². The predicted octanol–water partition coefficient (Wildman–Crippen LogP) is -0.698. The van der Waals surface area contributed by atoms with Crippen molar-refractivity contribution in [2.75, 3.05) is 33.5 Å². The van der Waals surface area contributed by atoms with Crippen molar-refractivity contribution in [3.05, 3.63) is 0 Å².